The fourth-order valence-corrected chi connectivity index (χ4v) is 0.986. The Morgan fingerprint density at radius 3 is 1.36 bits per heavy atom. The lowest BCUT2D eigenvalue weighted by atomic mass is 9.89. The van der Waals surface area contributed by atoms with Crippen molar-refractivity contribution in [3.05, 3.63) is 0 Å². The van der Waals surface area contributed by atoms with Crippen LogP contribution in [0.3, 0.4) is 0 Å². The van der Waals surface area contributed by atoms with Gasteiger partial charge in [-0.3, -0.25) is 0 Å². The highest BCUT2D eigenvalue weighted by Gasteiger charge is 2.39. The van der Waals surface area contributed by atoms with Crippen molar-refractivity contribution in [2.75, 3.05) is 0 Å². The molecule has 0 N–H and O–H groups in total. The Hall–Kier alpha value is -0.420. The van der Waals surface area contributed by atoms with Gasteiger partial charge in [-0.1, -0.05) is 13.8 Å². The van der Waals surface area contributed by atoms with E-state index in [2.05, 4.69) is 0 Å². The highest BCUT2D eigenvalue weighted by molar-refractivity contribution is 4.70. The summed E-state index contributed by atoms with van der Waals surface area (Å²) in [6.07, 6.45) is -13.0. The third-order valence-corrected chi connectivity index (χ3v) is 1.67. The average Bonchev–Trinajstić information content (AvgIpc) is 1.75. The molecule has 0 aromatic heterocycles. The Labute approximate surface area is 79.7 Å². The van der Waals surface area contributed by atoms with Gasteiger partial charge >= 0.3 is 12.4 Å². The average molecular weight is 223 g/mol. The molecule has 86 valence electrons. The largest absolute Gasteiger partial charge is 0.389 e. The number of halogens is 6. The van der Waals surface area contributed by atoms with Crippen LogP contribution in [0.25, 0.3) is 0 Å². The minimum atomic E-state index is -4.75. The molecule has 0 amide bonds. The van der Waals surface area contributed by atoms with E-state index in [0.717, 1.165) is 0 Å². The summed E-state index contributed by atoms with van der Waals surface area (Å²) in [4.78, 5) is 0. The molecule has 0 aromatic rings. The third kappa shape index (κ3) is 7.03. The highest BCUT2D eigenvalue weighted by atomic mass is 19.4. The van der Waals surface area contributed by atoms with E-state index >= 15 is 0 Å². The maximum atomic E-state index is 12.0. The first-order valence-corrected chi connectivity index (χ1v) is 3.99. The van der Waals surface area contributed by atoms with Gasteiger partial charge < -0.3 is 0 Å². The van der Waals surface area contributed by atoms with Crippen molar-refractivity contribution in [1.29, 1.82) is 0 Å². The van der Waals surface area contributed by atoms with Crippen LogP contribution in [0.4, 0.5) is 26.3 Å². The van der Waals surface area contributed by atoms with Crippen LogP contribution in [0.5, 0.6) is 0 Å². The number of hydrogen-bond donors (Lipinski definition) is 0. The fourth-order valence-electron chi connectivity index (χ4n) is 0.986. The lowest BCUT2D eigenvalue weighted by molar-refractivity contribution is -0.177. The van der Waals surface area contributed by atoms with Crippen molar-refractivity contribution < 1.29 is 27.7 Å². The van der Waals surface area contributed by atoms with Crippen LogP contribution in [0.1, 0.15) is 28.1 Å². The zero-order valence-corrected chi connectivity index (χ0v) is 7.76. The molecule has 0 saturated carbocycles. The molecule has 0 bridgehead atoms. The van der Waals surface area contributed by atoms with E-state index in [4.69, 9.17) is 1.37 Å². The second kappa shape index (κ2) is 4.40. The Morgan fingerprint density at radius 1 is 0.929 bits per heavy atom. The molecule has 6 heteroatoms. The van der Waals surface area contributed by atoms with Crippen molar-refractivity contribution in [3.63, 3.8) is 0 Å². The molecule has 0 aliphatic carbocycles. The monoisotopic (exact) mass is 223 g/mol. The summed E-state index contributed by atoms with van der Waals surface area (Å²) in [5.41, 5.74) is 0. The fraction of sp³-hybridized carbons (Fsp3) is 1.00. The van der Waals surface area contributed by atoms with Gasteiger partial charge in [-0.2, -0.15) is 26.3 Å². The molecule has 0 nitrogen and oxygen atoms in total. The van der Waals surface area contributed by atoms with Crippen molar-refractivity contribution >= 4 is 0 Å². The molecular weight excluding hydrogens is 210 g/mol. The molecule has 0 atom stereocenters. The number of rotatable bonds is 3. The van der Waals surface area contributed by atoms with Crippen LogP contribution >= 0.6 is 0 Å². The Kier molecular flexibility index (Phi) is 3.66. The number of hydrogen-bond acceptors (Lipinski definition) is 0. The van der Waals surface area contributed by atoms with E-state index in [0.29, 0.717) is 0 Å². The smallest absolute Gasteiger partial charge is 0.171 e. The van der Waals surface area contributed by atoms with Crippen LogP contribution in [0.15, 0.2) is 0 Å². The molecular formula is C8H12F6. The first-order chi connectivity index (χ1) is 6.36. The van der Waals surface area contributed by atoms with Gasteiger partial charge in [0.05, 0.1) is 0 Å². The summed E-state index contributed by atoms with van der Waals surface area (Å²) in [7, 11) is 0. The second-order valence-corrected chi connectivity index (χ2v) is 3.40. The highest BCUT2D eigenvalue weighted by Crippen LogP contribution is 2.36. The summed E-state index contributed by atoms with van der Waals surface area (Å²) >= 11 is 0. The van der Waals surface area contributed by atoms with E-state index in [1.54, 1.807) is 0 Å². The molecule has 0 unspecified atom stereocenters. The molecule has 0 rings (SSSR count). The summed E-state index contributed by atoms with van der Waals surface area (Å²) in [5.74, 6) is -3.54. The number of alkyl halides is 6. The maximum Gasteiger partial charge on any atom is 0.389 e. The normalized spacial score (nSPS) is 15.9. The maximum absolute atomic E-state index is 12.0. The zero-order chi connectivity index (χ0) is 12.5. The van der Waals surface area contributed by atoms with Gasteiger partial charge in [-0.25, -0.2) is 0 Å². The Bertz CT molecular complexity index is 188. The second-order valence-electron chi connectivity index (χ2n) is 3.40. The molecule has 0 heterocycles. The van der Waals surface area contributed by atoms with Gasteiger partial charge in [0.15, 0.2) is 0 Å². The lowest BCUT2D eigenvalue weighted by Crippen LogP contribution is -2.25. The van der Waals surface area contributed by atoms with Gasteiger partial charge in [0.2, 0.25) is 0 Å². The lowest BCUT2D eigenvalue weighted by Gasteiger charge is -2.23. The molecule has 0 aliphatic heterocycles. The van der Waals surface area contributed by atoms with E-state index in [-0.39, 0.29) is 0 Å². The van der Waals surface area contributed by atoms with Crippen LogP contribution in [-0.2, 0) is 0 Å². The predicted molar refractivity (Wildman–Crippen MR) is 39.7 cm³/mol. The van der Waals surface area contributed by atoms with E-state index < -0.39 is 37.0 Å². The van der Waals surface area contributed by atoms with Crippen LogP contribution in [0.2, 0.25) is 0 Å². The molecule has 0 spiro atoms. The summed E-state index contributed by atoms with van der Waals surface area (Å²) in [6, 6.07) is 0. The molecule has 14 heavy (non-hydrogen) atoms. The zero-order valence-electron chi connectivity index (χ0n) is 8.76. The van der Waals surface area contributed by atoms with Gasteiger partial charge in [-0.05, 0) is 11.8 Å². The van der Waals surface area contributed by atoms with Crippen molar-refractivity contribution in [2.24, 2.45) is 11.8 Å². The van der Waals surface area contributed by atoms with E-state index in [1.807, 2.05) is 0 Å². The van der Waals surface area contributed by atoms with Crippen molar-refractivity contribution in [2.45, 2.75) is 39.0 Å². The van der Waals surface area contributed by atoms with Crippen LogP contribution in [0, 0.1) is 11.8 Å². The minimum absolute atomic E-state index is 1.01. The van der Waals surface area contributed by atoms with Crippen LogP contribution in [-0.4, -0.2) is 12.4 Å². The third-order valence-electron chi connectivity index (χ3n) is 1.67. The standard InChI is InChI=1S/C8H12F6/c1-5(2)6(3-7(9,10)11)4-8(12,13)14/h5-6H,3-4H2,1-2H3/i6D. The minimum Gasteiger partial charge on any atom is -0.171 e. The summed E-state index contributed by atoms with van der Waals surface area (Å²) in [6.45, 7) is 2.37. The molecule has 0 fully saturated rings. The van der Waals surface area contributed by atoms with Crippen molar-refractivity contribution in [3.8, 4) is 0 Å². The Balaban J connectivity index is 4.76. The summed E-state index contributed by atoms with van der Waals surface area (Å²) in [5, 5.41) is 0. The van der Waals surface area contributed by atoms with E-state index in [1.165, 1.54) is 13.8 Å². The molecule has 0 aromatic carbocycles. The Morgan fingerprint density at radius 2 is 1.21 bits per heavy atom. The SMILES string of the molecule is [2H]C(CC(F)(F)F)(CC(F)(F)F)C(C)C. The van der Waals surface area contributed by atoms with Gasteiger partial charge in [0.1, 0.15) is 0 Å². The molecule has 0 radical (unpaired) electrons. The van der Waals surface area contributed by atoms with Crippen LogP contribution < -0.4 is 0 Å². The van der Waals surface area contributed by atoms with Gasteiger partial charge in [-0.15, -0.1) is 0 Å². The molecule has 0 aliphatic rings. The van der Waals surface area contributed by atoms with Gasteiger partial charge in [0, 0.05) is 14.2 Å². The first kappa shape index (κ1) is 11.7. The molecule has 0 saturated heterocycles. The first-order valence-electron chi connectivity index (χ1n) is 4.49. The van der Waals surface area contributed by atoms with Crippen molar-refractivity contribution in [1.82, 2.24) is 0 Å². The summed E-state index contributed by atoms with van der Waals surface area (Å²) < 4.78 is 79.2. The topological polar surface area (TPSA) is 0 Å². The van der Waals surface area contributed by atoms with E-state index in [9.17, 15) is 26.3 Å². The van der Waals surface area contributed by atoms with Gasteiger partial charge in [0.25, 0.3) is 0 Å². The quantitative estimate of drug-likeness (QED) is 0.630. The predicted octanol–water partition coefficient (Wildman–Crippen LogP) is 4.16.